The Kier molecular flexibility index (Phi) is 5.48. The SMILES string of the molecule is CCC(Nc1c(Cl)cc(N)cc1C(=O)OC)C(C)C. The first-order chi connectivity index (χ1) is 8.90. The third-order valence-electron chi connectivity index (χ3n) is 3.09. The van der Waals surface area contributed by atoms with Crippen molar-refractivity contribution < 1.29 is 9.53 Å². The molecule has 0 saturated heterocycles. The Hall–Kier alpha value is -1.42. The first kappa shape index (κ1) is 15.6. The highest BCUT2D eigenvalue weighted by atomic mass is 35.5. The van der Waals surface area contributed by atoms with Gasteiger partial charge in [0.1, 0.15) is 0 Å². The maximum absolute atomic E-state index is 11.8. The van der Waals surface area contributed by atoms with Crippen molar-refractivity contribution in [1.82, 2.24) is 0 Å². The highest BCUT2D eigenvalue weighted by Gasteiger charge is 2.20. The number of nitrogens with one attached hydrogen (secondary N) is 1. The fraction of sp³-hybridized carbons (Fsp3) is 0.500. The molecule has 0 aliphatic rings. The standard InChI is InChI=1S/C14H21ClN2O2/c1-5-12(8(2)3)17-13-10(14(18)19-4)6-9(16)7-11(13)15/h6-8,12,17H,5,16H2,1-4H3. The van der Waals surface area contributed by atoms with Gasteiger partial charge in [-0.25, -0.2) is 4.79 Å². The summed E-state index contributed by atoms with van der Waals surface area (Å²) in [5.74, 6) is -0.0283. The van der Waals surface area contributed by atoms with E-state index in [9.17, 15) is 4.79 Å². The van der Waals surface area contributed by atoms with Gasteiger partial charge in [0, 0.05) is 11.7 Å². The van der Waals surface area contributed by atoms with Crippen LogP contribution in [0.1, 0.15) is 37.6 Å². The normalized spacial score (nSPS) is 12.3. The van der Waals surface area contributed by atoms with Gasteiger partial charge in [0.2, 0.25) is 0 Å². The van der Waals surface area contributed by atoms with Crippen molar-refractivity contribution in [3.63, 3.8) is 0 Å². The first-order valence-corrected chi connectivity index (χ1v) is 6.72. The van der Waals surface area contributed by atoms with Crippen molar-refractivity contribution >= 4 is 28.9 Å². The van der Waals surface area contributed by atoms with Gasteiger partial charge in [0.15, 0.2) is 0 Å². The lowest BCUT2D eigenvalue weighted by atomic mass is 10.0. The fourth-order valence-corrected chi connectivity index (χ4v) is 2.25. The molecule has 1 aromatic carbocycles. The van der Waals surface area contributed by atoms with Gasteiger partial charge >= 0.3 is 5.97 Å². The van der Waals surface area contributed by atoms with Crippen molar-refractivity contribution in [3.05, 3.63) is 22.7 Å². The summed E-state index contributed by atoms with van der Waals surface area (Å²) < 4.78 is 4.77. The summed E-state index contributed by atoms with van der Waals surface area (Å²) in [4.78, 5) is 11.8. The van der Waals surface area contributed by atoms with E-state index in [1.165, 1.54) is 7.11 Å². The Labute approximate surface area is 119 Å². The molecular weight excluding hydrogens is 264 g/mol. The average Bonchev–Trinajstić information content (AvgIpc) is 2.35. The van der Waals surface area contributed by atoms with Crippen LogP contribution in [0.25, 0.3) is 0 Å². The summed E-state index contributed by atoms with van der Waals surface area (Å²) >= 11 is 6.19. The number of methoxy groups -OCH3 is 1. The van der Waals surface area contributed by atoms with Crippen LogP contribution in [0.4, 0.5) is 11.4 Å². The molecular formula is C14H21ClN2O2. The third kappa shape index (κ3) is 3.77. The number of carbonyl (C=O) groups is 1. The molecule has 1 unspecified atom stereocenters. The van der Waals surface area contributed by atoms with Crippen molar-refractivity contribution in [2.24, 2.45) is 5.92 Å². The summed E-state index contributed by atoms with van der Waals surface area (Å²) in [5, 5.41) is 3.75. The van der Waals surface area contributed by atoms with E-state index in [2.05, 4.69) is 26.1 Å². The van der Waals surface area contributed by atoms with Gasteiger partial charge in [0.05, 0.1) is 23.4 Å². The lowest BCUT2D eigenvalue weighted by molar-refractivity contribution is 0.0602. The molecule has 0 bridgehead atoms. The zero-order valence-electron chi connectivity index (χ0n) is 11.8. The van der Waals surface area contributed by atoms with Crippen molar-refractivity contribution in [3.8, 4) is 0 Å². The molecule has 106 valence electrons. The highest BCUT2D eigenvalue weighted by Crippen LogP contribution is 2.31. The van der Waals surface area contributed by atoms with E-state index in [4.69, 9.17) is 22.1 Å². The second-order valence-corrected chi connectivity index (χ2v) is 5.23. The average molecular weight is 285 g/mol. The number of hydrogen-bond acceptors (Lipinski definition) is 4. The number of rotatable bonds is 5. The van der Waals surface area contributed by atoms with Gasteiger partial charge in [-0.15, -0.1) is 0 Å². The largest absolute Gasteiger partial charge is 0.465 e. The monoisotopic (exact) mass is 284 g/mol. The maximum Gasteiger partial charge on any atom is 0.340 e. The Morgan fingerprint density at radius 1 is 1.47 bits per heavy atom. The van der Waals surface area contributed by atoms with Gasteiger partial charge in [-0.2, -0.15) is 0 Å². The predicted octanol–water partition coefficient (Wildman–Crippen LogP) is 3.56. The van der Waals surface area contributed by atoms with Crippen molar-refractivity contribution in [1.29, 1.82) is 0 Å². The van der Waals surface area contributed by atoms with Crippen LogP contribution in [0.3, 0.4) is 0 Å². The molecule has 0 radical (unpaired) electrons. The molecule has 3 N–H and O–H groups in total. The molecule has 0 fully saturated rings. The van der Waals surface area contributed by atoms with E-state index in [1.54, 1.807) is 12.1 Å². The van der Waals surface area contributed by atoms with Crippen LogP contribution in [-0.4, -0.2) is 19.1 Å². The molecule has 0 saturated carbocycles. The smallest absolute Gasteiger partial charge is 0.340 e. The van der Waals surface area contributed by atoms with E-state index in [0.717, 1.165) is 6.42 Å². The molecule has 0 aromatic heterocycles. The molecule has 0 amide bonds. The van der Waals surface area contributed by atoms with Crippen molar-refractivity contribution in [2.75, 3.05) is 18.2 Å². The van der Waals surface area contributed by atoms with E-state index >= 15 is 0 Å². The maximum atomic E-state index is 11.8. The van der Waals surface area contributed by atoms with Crippen LogP contribution in [0.2, 0.25) is 5.02 Å². The number of hydrogen-bond donors (Lipinski definition) is 2. The van der Waals surface area contributed by atoms with Crippen LogP contribution in [-0.2, 0) is 4.74 Å². The lowest BCUT2D eigenvalue weighted by Crippen LogP contribution is -2.26. The minimum absolute atomic E-state index is 0.226. The molecule has 4 nitrogen and oxygen atoms in total. The minimum Gasteiger partial charge on any atom is -0.465 e. The molecule has 1 atom stereocenters. The molecule has 1 rings (SSSR count). The summed E-state index contributed by atoms with van der Waals surface area (Å²) in [6.45, 7) is 6.31. The minimum atomic E-state index is -0.449. The summed E-state index contributed by atoms with van der Waals surface area (Å²) in [6, 6.07) is 3.43. The molecule has 19 heavy (non-hydrogen) atoms. The quantitative estimate of drug-likeness (QED) is 0.641. The topological polar surface area (TPSA) is 64.3 Å². The fourth-order valence-electron chi connectivity index (χ4n) is 1.97. The molecule has 0 aliphatic carbocycles. The lowest BCUT2D eigenvalue weighted by Gasteiger charge is -2.24. The van der Waals surface area contributed by atoms with Gasteiger partial charge < -0.3 is 15.8 Å². The highest BCUT2D eigenvalue weighted by molar-refractivity contribution is 6.34. The van der Waals surface area contributed by atoms with Crippen LogP contribution < -0.4 is 11.1 Å². The third-order valence-corrected chi connectivity index (χ3v) is 3.39. The number of benzene rings is 1. The number of ether oxygens (including phenoxy) is 1. The number of esters is 1. The van der Waals surface area contributed by atoms with Crippen LogP contribution in [0.5, 0.6) is 0 Å². The number of nitrogens with two attached hydrogens (primary N) is 1. The van der Waals surface area contributed by atoms with Gasteiger partial charge in [0.25, 0.3) is 0 Å². The number of anilines is 2. The zero-order valence-corrected chi connectivity index (χ0v) is 12.5. The Bertz CT molecular complexity index is 461. The van der Waals surface area contributed by atoms with Gasteiger partial charge in [-0.05, 0) is 24.5 Å². The Morgan fingerprint density at radius 2 is 2.11 bits per heavy atom. The predicted molar refractivity (Wildman–Crippen MR) is 79.7 cm³/mol. The first-order valence-electron chi connectivity index (χ1n) is 6.34. The van der Waals surface area contributed by atoms with E-state index in [0.29, 0.717) is 27.9 Å². The van der Waals surface area contributed by atoms with Gasteiger partial charge in [-0.3, -0.25) is 0 Å². The summed E-state index contributed by atoms with van der Waals surface area (Å²) in [6.07, 6.45) is 0.930. The number of halogens is 1. The van der Waals surface area contributed by atoms with Crippen LogP contribution in [0, 0.1) is 5.92 Å². The molecule has 1 aromatic rings. The molecule has 5 heteroatoms. The molecule has 0 heterocycles. The Balaban J connectivity index is 3.21. The van der Waals surface area contributed by atoms with Crippen molar-refractivity contribution in [2.45, 2.75) is 33.2 Å². The second-order valence-electron chi connectivity index (χ2n) is 4.82. The zero-order chi connectivity index (χ0) is 14.6. The molecule has 0 spiro atoms. The Morgan fingerprint density at radius 3 is 2.58 bits per heavy atom. The summed E-state index contributed by atoms with van der Waals surface area (Å²) in [7, 11) is 1.34. The van der Waals surface area contributed by atoms with E-state index in [-0.39, 0.29) is 6.04 Å². The number of carbonyl (C=O) groups excluding carboxylic acids is 1. The van der Waals surface area contributed by atoms with E-state index in [1.807, 2.05) is 0 Å². The number of nitrogen functional groups attached to an aromatic ring is 1. The second kappa shape index (κ2) is 6.66. The van der Waals surface area contributed by atoms with Gasteiger partial charge in [-0.1, -0.05) is 32.4 Å². The molecule has 0 aliphatic heterocycles. The summed E-state index contributed by atoms with van der Waals surface area (Å²) in [5.41, 5.74) is 7.12. The van der Waals surface area contributed by atoms with Crippen LogP contribution >= 0.6 is 11.6 Å². The van der Waals surface area contributed by atoms with E-state index < -0.39 is 5.97 Å². The van der Waals surface area contributed by atoms with Crippen LogP contribution in [0.15, 0.2) is 12.1 Å².